The molecular formula is C23H31NO5S2. The van der Waals surface area contributed by atoms with Gasteiger partial charge in [0.15, 0.2) is 11.5 Å². The number of aliphatic carboxylic acids is 1. The molecule has 0 bridgehead atoms. The summed E-state index contributed by atoms with van der Waals surface area (Å²) in [5, 5.41) is 9.37. The predicted molar refractivity (Wildman–Crippen MR) is 129 cm³/mol. The van der Waals surface area contributed by atoms with Crippen molar-refractivity contribution in [3.63, 3.8) is 0 Å². The molecule has 0 unspecified atom stereocenters. The van der Waals surface area contributed by atoms with E-state index in [4.69, 9.17) is 21.7 Å². The van der Waals surface area contributed by atoms with Crippen molar-refractivity contribution in [2.24, 2.45) is 0 Å². The number of ether oxygens (including phenoxy) is 2. The smallest absolute Gasteiger partial charge is 0.326 e. The second kappa shape index (κ2) is 12.7. The van der Waals surface area contributed by atoms with E-state index >= 15 is 0 Å². The Bertz CT molecular complexity index is 824. The number of thiocarbonyl (C=S) groups is 1. The van der Waals surface area contributed by atoms with Crippen LogP contribution in [-0.2, 0) is 9.59 Å². The van der Waals surface area contributed by atoms with Crippen molar-refractivity contribution < 1.29 is 24.2 Å². The third-order valence-electron chi connectivity index (χ3n) is 5.05. The zero-order valence-electron chi connectivity index (χ0n) is 18.4. The molecule has 170 valence electrons. The Morgan fingerprint density at radius 2 is 1.90 bits per heavy atom. The Balaban J connectivity index is 2.04. The van der Waals surface area contributed by atoms with Crippen LogP contribution < -0.4 is 9.47 Å². The largest absolute Gasteiger partial charge is 0.493 e. The molecule has 1 aromatic rings. The molecule has 1 amide bonds. The third kappa shape index (κ3) is 6.97. The fraction of sp³-hybridized carbons (Fsp3) is 0.522. The van der Waals surface area contributed by atoms with Gasteiger partial charge in [0.1, 0.15) is 10.4 Å². The number of unbranched alkanes of at least 4 members (excludes halogenated alkanes) is 5. The summed E-state index contributed by atoms with van der Waals surface area (Å²) in [6.45, 7) is 4.56. The van der Waals surface area contributed by atoms with Gasteiger partial charge in [-0.1, -0.05) is 76.0 Å². The summed E-state index contributed by atoms with van der Waals surface area (Å²) in [4.78, 5) is 25.8. The van der Waals surface area contributed by atoms with Crippen LogP contribution in [0.4, 0.5) is 0 Å². The lowest BCUT2D eigenvalue weighted by atomic mass is 10.1. The van der Waals surface area contributed by atoms with Crippen molar-refractivity contribution >= 4 is 46.3 Å². The van der Waals surface area contributed by atoms with Crippen LogP contribution in [0.1, 0.15) is 64.4 Å². The Morgan fingerprint density at radius 1 is 1.19 bits per heavy atom. The number of benzene rings is 1. The summed E-state index contributed by atoms with van der Waals surface area (Å²) >= 11 is 6.37. The molecule has 0 saturated carbocycles. The number of carboxylic acid groups (broad SMARTS) is 1. The highest BCUT2D eigenvalue weighted by molar-refractivity contribution is 8.26. The fourth-order valence-electron chi connectivity index (χ4n) is 3.33. The van der Waals surface area contributed by atoms with Gasteiger partial charge in [0, 0.05) is 0 Å². The lowest BCUT2D eigenvalue weighted by molar-refractivity contribution is -0.145. The number of nitrogens with zero attached hydrogens (tertiary/aromatic N) is 1. The first-order valence-electron chi connectivity index (χ1n) is 10.7. The number of thioether (sulfide) groups is 1. The van der Waals surface area contributed by atoms with Crippen molar-refractivity contribution in [3.8, 4) is 11.5 Å². The first-order valence-corrected chi connectivity index (χ1v) is 12.0. The molecule has 1 fully saturated rings. The molecule has 1 N–H and O–H groups in total. The molecule has 8 heteroatoms. The average molecular weight is 466 g/mol. The van der Waals surface area contributed by atoms with Crippen molar-refractivity contribution in [3.05, 3.63) is 28.7 Å². The quantitative estimate of drug-likeness (QED) is 0.234. The molecule has 0 spiro atoms. The Hall–Kier alpha value is -2.06. The lowest BCUT2D eigenvalue weighted by Gasteiger charge is -2.21. The van der Waals surface area contributed by atoms with E-state index in [0.29, 0.717) is 23.0 Å². The molecule has 0 radical (unpaired) electrons. The first kappa shape index (κ1) is 25.2. The number of hydrogen-bond donors (Lipinski definition) is 1. The molecule has 1 aromatic carbocycles. The number of carboxylic acids is 1. The second-order valence-electron chi connectivity index (χ2n) is 7.34. The van der Waals surface area contributed by atoms with Crippen molar-refractivity contribution in [1.82, 2.24) is 4.90 Å². The maximum atomic E-state index is 12.7. The van der Waals surface area contributed by atoms with E-state index < -0.39 is 12.0 Å². The van der Waals surface area contributed by atoms with Gasteiger partial charge >= 0.3 is 5.97 Å². The van der Waals surface area contributed by atoms with Gasteiger partial charge in [0.2, 0.25) is 0 Å². The third-order valence-corrected chi connectivity index (χ3v) is 6.38. The maximum absolute atomic E-state index is 12.7. The van der Waals surface area contributed by atoms with Gasteiger partial charge < -0.3 is 14.6 Å². The van der Waals surface area contributed by atoms with Crippen molar-refractivity contribution in [2.75, 3.05) is 13.7 Å². The summed E-state index contributed by atoms with van der Waals surface area (Å²) in [5.74, 6) is -0.190. The minimum absolute atomic E-state index is 0.261. The number of hydrogen-bond acceptors (Lipinski definition) is 6. The summed E-state index contributed by atoms with van der Waals surface area (Å²) in [5.41, 5.74) is 0.757. The zero-order valence-corrected chi connectivity index (χ0v) is 20.0. The number of carbonyl (C=O) groups is 2. The topological polar surface area (TPSA) is 76.1 Å². The van der Waals surface area contributed by atoms with Crippen molar-refractivity contribution in [2.45, 2.75) is 64.8 Å². The van der Waals surface area contributed by atoms with Gasteiger partial charge in [-0.15, -0.1) is 0 Å². The molecule has 2 rings (SSSR count). The molecule has 1 atom stereocenters. The summed E-state index contributed by atoms with van der Waals surface area (Å²) in [7, 11) is 1.58. The minimum Gasteiger partial charge on any atom is -0.493 e. The summed E-state index contributed by atoms with van der Waals surface area (Å²) in [6, 6.07) is 4.53. The predicted octanol–water partition coefficient (Wildman–Crippen LogP) is 5.50. The Kier molecular flexibility index (Phi) is 10.3. The van der Waals surface area contributed by atoms with E-state index in [2.05, 4.69) is 6.92 Å². The molecule has 0 aromatic heterocycles. The van der Waals surface area contributed by atoms with E-state index in [0.717, 1.165) is 30.2 Å². The highest BCUT2D eigenvalue weighted by Crippen LogP contribution is 2.36. The monoisotopic (exact) mass is 465 g/mol. The molecule has 0 aliphatic carbocycles. The molecule has 1 aliphatic heterocycles. The molecule has 31 heavy (non-hydrogen) atoms. The molecular weight excluding hydrogens is 434 g/mol. The van der Waals surface area contributed by atoms with Gasteiger partial charge in [0.05, 0.1) is 18.6 Å². The average Bonchev–Trinajstić information content (AvgIpc) is 3.02. The van der Waals surface area contributed by atoms with Gasteiger partial charge in [-0.05, 0) is 36.6 Å². The number of carbonyl (C=O) groups excluding carboxylic acids is 1. The van der Waals surface area contributed by atoms with Crippen LogP contribution in [0.2, 0.25) is 0 Å². The lowest BCUT2D eigenvalue weighted by Crippen LogP contribution is -2.43. The summed E-state index contributed by atoms with van der Waals surface area (Å²) in [6.07, 6.45) is 9.16. The van der Waals surface area contributed by atoms with Crippen LogP contribution in [0.25, 0.3) is 6.08 Å². The van der Waals surface area contributed by atoms with Crippen LogP contribution in [0.5, 0.6) is 11.5 Å². The number of methoxy groups -OCH3 is 1. The van der Waals surface area contributed by atoms with Gasteiger partial charge in [-0.25, -0.2) is 4.79 Å². The highest BCUT2D eigenvalue weighted by atomic mass is 32.2. The normalized spacial score (nSPS) is 16.1. The van der Waals surface area contributed by atoms with Crippen LogP contribution in [0.3, 0.4) is 0 Å². The fourth-order valence-corrected chi connectivity index (χ4v) is 4.68. The van der Waals surface area contributed by atoms with E-state index in [1.807, 2.05) is 12.1 Å². The molecule has 1 saturated heterocycles. The van der Waals surface area contributed by atoms with Gasteiger partial charge in [-0.3, -0.25) is 9.69 Å². The molecule has 1 heterocycles. The zero-order chi connectivity index (χ0) is 22.8. The van der Waals surface area contributed by atoms with Crippen LogP contribution in [0, 0.1) is 0 Å². The van der Waals surface area contributed by atoms with E-state index in [-0.39, 0.29) is 16.6 Å². The van der Waals surface area contributed by atoms with Crippen LogP contribution in [0.15, 0.2) is 23.1 Å². The number of amides is 1. The maximum Gasteiger partial charge on any atom is 0.326 e. The number of rotatable bonds is 13. The van der Waals surface area contributed by atoms with Gasteiger partial charge in [0.25, 0.3) is 5.91 Å². The van der Waals surface area contributed by atoms with Gasteiger partial charge in [-0.2, -0.15) is 0 Å². The minimum atomic E-state index is -1.06. The molecule has 6 nitrogen and oxygen atoms in total. The standard InChI is InChI=1S/C23H31NO5S2/c1-4-6-7-8-9-10-13-29-18-12-11-16(14-19(18)28-3)15-20-21(25)24(23(30)31-20)17(5-2)22(26)27/h11-12,14-15,17H,4-10,13H2,1-3H3,(H,26,27)/b20-15-/t17-/m1/s1. The van der Waals surface area contributed by atoms with Crippen LogP contribution >= 0.6 is 24.0 Å². The Morgan fingerprint density at radius 3 is 2.55 bits per heavy atom. The summed E-state index contributed by atoms with van der Waals surface area (Å²) < 4.78 is 11.6. The second-order valence-corrected chi connectivity index (χ2v) is 9.02. The van der Waals surface area contributed by atoms with Crippen molar-refractivity contribution in [1.29, 1.82) is 0 Å². The van der Waals surface area contributed by atoms with E-state index in [1.54, 1.807) is 26.2 Å². The van der Waals surface area contributed by atoms with E-state index in [9.17, 15) is 14.7 Å². The highest BCUT2D eigenvalue weighted by Gasteiger charge is 2.39. The Labute approximate surface area is 194 Å². The first-order chi connectivity index (χ1) is 14.9. The SMILES string of the molecule is CCCCCCCCOc1ccc(/C=C2\SC(=S)N([C@H](CC)C(=O)O)C2=O)cc1OC. The van der Waals surface area contributed by atoms with Crippen LogP contribution in [-0.4, -0.2) is 46.0 Å². The molecule has 1 aliphatic rings. The van der Waals surface area contributed by atoms with E-state index in [1.165, 1.54) is 30.6 Å².